The van der Waals surface area contributed by atoms with E-state index in [0.29, 0.717) is 6.54 Å². The van der Waals surface area contributed by atoms with Gasteiger partial charge < -0.3 is 0 Å². The summed E-state index contributed by atoms with van der Waals surface area (Å²) in [4.78, 5) is 2.71. The molecule has 94 valence electrons. The van der Waals surface area contributed by atoms with Crippen molar-refractivity contribution >= 4 is 11.8 Å². The smallest absolute Gasteiger partial charge is 0.116 e. The van der Waals surface area contributed by atoms with Crippen molar-refractivity contribution in [3.63, 3.8) is 0 Å². The fourth-order valence-electron chi connectivity index (χ4n) is 2.17. The van der Waals surface area contributed by atoms with Crippen LogP contribution >= 0.6 is 11.8 Å². The lowest BCUT2D eigenvalue weighted by Gasteiger charge is -2.40. The van der Waals surface area contributed by atoms with Gasteiger partial charge in [-0.25, -0.2) is 0 Å². The maximum Gasteiger partial charge on any atom is 0.116 e. The van der Waals surface area contributed by atoms with Crippen molar-refractivity contribution in [1.29, 1.82) is 5.26 Å². The van der Waals surface area contributed by atoms with Crippen LogP contribution in [0.5, 0.6) is 0 Å². The van der Waals surface area contributed by atoms with E-state index in [4.69, 9.17) is 5.53 Å². The van der Waals surface area contributed by atoms with Crippen LogP contribution in [0.25, 0.3) is 10.4 Å². The maximum atomic E-state index is 9.37. The van der Waals surface area contributed by atoms with Crippen LogP contribution < -0.4 is 5.32 Å². The topological polar surface area (TPSA) is 84.6 Å². The molecule has 1 heterocycles. The molecular weight excluding hydrogens is 234 g/mol. The van der Waals surface area contributed by atoms with Crippen LogP contribution in [-0.4, -0.2) is 30.1 Å². The predicted molar refractivity (Wildman–Crippen MR) is 70.7 cm³/mol. The molecular formula is C11H19N5S. The second-order valence-corrected chi connectivity index (χ2v) is 6.25. The molecule has 0 amide bonds. The molecule has 1 saturated heterocycles. The van der Waals surface area contributed by atoms with Gasteiger partial charge in [0.05, 0.1) is 6.07 Å². The fourth-order valence-corrected chi connectivity index (χ4v) is 3.54. The number of hydrogen-bond acceptors (Lipinski definition) is 4. The third-order valence-corrected chi connectivity index (χ3v) is 4.48. The first-order valence-electron chi connectivity index (χ1n) is 5.78. The first kappa shape index (κ1) is 14.2. The largest absolute Gasteiger partial charge is 0.299 e. The van der Waals surface area contributed by atoms with Crippen LogP contribution in [0.3, 0.4) is 0 Å². The Hall–Kier alpha value is -0.890. The van der Waals surface area contributed by atoms with E-state index in [1.165, 1.54) is 0 Å². The van der Waals surface area contributed by atoms with Gasteiger partial charge in [-0.2, -0.15) is 17.0 Å². The molecule has 0 bridgehead atoms. The highest BCUT2D eigenvalue weighted by Gasteiger charge is 2.40. The lowest BCUT2D eigenvalue weighted by molar-refractivity contribution is 0.271. The summed E-state index contributed by atoms with van der Waals surface area (Å²) in [6.07, 6.45) is 1.66. The average molecular weight is 253 g/mol. The standard InChI is InChI=1S/C11H19N5S/c1-10(2)6-11(7-12,9-17-8-10)14-4-3-5-15-16-13/h14H,3-6,8-9H2,1-2H3. The summed E-state index contributed by atoms with van der Waals surface area (Å²) in [7, 11) is 0. The Balaban J connectivity index is 2.46. The molecule has 0 saturated carbocycles. The van der Waals surface area contributed by atoms with Crippen molar-refractivity contribution in [1.82, 2.24) is 5.32 Å². The molecule has 1 aliphatic rings. The van der Waals surface area contributed by atoms with Gasteiger partial charge in [0.15, 0.2) is 0 Å². The first-order valence-corrected chi connectivity index (χ1v) is 6.94. The third kappa shape index (κ3) is 4.47. The molecule has 0 radical (unpaired) electrons. The minimum Gasteiger partial charge on any atom is -0.299 e. The van der Waals surface area contributed by atoms with Crippen LogP contribution in [-0.2, 0) is 0 Å². The van der Waals surface area contributed by atoms with Crippen molar-refractivity contribution in [2.75, 3.05) is 24.6 Å². The van der Waals surface area contributed by atoms with Crippen LogP contribution in [0.15, 0.2) is 5.11 Å². The summed E-state index contributed by atoms with van der Waals surface area (Å²) < 4.78 is 0. The summed E-state index contributed by atoms with van der Waals surface area (Å²) in [5.41, 5.74) is 7.95. The molecule has 0 aromatic heterocycles. The summed E-state index contributed by atoms with van der Waals surface area (Å²) in [5, 5.41) is 16.2. The van der Waals surface area contributed by atoms with Crippen molar-refractivity contribution in [3.8, 4) is 6.07 Å². The summed E-state index contributed by atoms with van der Waals surface area (Å²) >= 11 is 1.83. The second-order valence-electron chi connectivity index (χ2n) is 5.26. The summed E-state index contributed by atoms with van der Waals surface area (Å²) in [6.45, 7) is 5.62. The van der Waals surface area contributed by atoms with Gasteiger partial charge in [-0.3, -0.25) is 5.32 Å². The molecule has 1 aliphatic heterocycles. The highest BCUT2D eigenvalue weighted by Crippen LogP contribution is 2.38. The van der Waals surface area contributed by atoms with Gasteiger partial charge in [0, 0.05) is 17.2 Å². The number of azide groups is 1. The highest BCUT2D eigenvalue weighted by atomic mass is 32.2. The maximum absolute atomic E-state index is 9.37. The molecule has 1 N–H and O–H groups in total. The molecule has 0 aromatic carbocycles. The summed E-state index contributed by atoms with van der Waals surface area (Å²) in [6, 6.07) is 2.43. The predicted octanol–water partition coefficient (Wildman–Crippen LogP) is 2.70. The monoisotopic (exact) mass is 253 g/mol. The number of thioether (sulfide) groups is 1. The van der Waals surface area contributed by atoms with E-state index in [-0.39, 0.29) is 5.41 Å². The Morgan fingerprint density at radius 3 is 2.88 bits per heavy atom. The Bertz CT molecular complexity index is 342. The lowest BCUT2D eigenvalue weighted by Crippen LogP contribution is -2.52. The van der Waals surface area contributed by atoms with E-state index >= 15 is 0 Å². The SMILES string of the molecule is CC1(C)CSCC(C#N)(NCCCN=[N+]=[N-])C1. The average Bonchev–Trinajstić information content (AvgIpc) is 2.27. The normalized spacial score (nSPS) is 26.9. The minimum atomic E-state index is -0.414. The Morgan fingerprint density at radius 2 is 2.29 bits per heavy atom. The Kier molecular flexibility index (Phi) is 5.13. The van der Waals surface area contributed by atoms with Crippen molar-refractivity contribution in [3.05, 3.63) is 10.4 Å². The van der Waals surface area contributed by atoms with Crippen molar-refractivity contribution in [2.24, 2.45) is 10.5 Å². The van der Waals surface area contributed by atoms with Crippen LogP contribution in [0.1, 0.15) is 26.7 Å². The van der Waals surface area contributed by atoms with Crippen LogP contribution in [0, 0.1) is 16.7 Å². The second kappa shape index (κ2) is 6.15. The van der Waals surface area contributed by atoms with E-state index in [2.05, 4.69) is 35.3 Å². The molecule has 0 spiro atoms. The molecule has 0 aliphatic carbocycles. The van der Waals surface area contributed by atoms with E-state index in [0.717, 1.165) is 30.9 Å². The Labute approximate surface area is 107 Å². The molecule has 5 nitrogen and oxygen atoms in total. The van der Waals surface area contributed by atoms with Gasteiger partial charge >= 0.3 is 0 Å². The van der Waals surface area contributed by atoms with Crippen LogP contribution in [0.2, 0.25) is 0 Å². The van der Waals surface area contributed by atoms with Gasteiger partial charge in [-0.1, -0.05) is 19.0 Å². The van der Waals surface area contributed by atoms with E-state index in [9.17, 15) is 5.26 Å². The van der Waals surface area contributed by atoms with E-state index in [1.54, 1.807) is 0 Å². The van der Waals surface area contributed by atoms with Gasteiger partial charge in [0.25, 0.3) is 0 Å². The molecule has 1 unspecified atom stereocenters. The van der Waals surface area contributed by atoms with Gasteiger partial charge in [0.1, 0.15) is 5.54 Å². The molecule has 17 heavy (non-hydrogen) atoms. The van der Waals surface area contributed by atoms with Crippen molar-refractivity contribution in [2.45, 2.75) is 32.2 Å². The minimum absolute atomic E-state index is 0.205. The number of nitriles is 1. The zero-order valence-electron chi connectivity index (χ0n) is 10.4. The fraction of sp³-hybridized carbons (Fsp3) is 0.909. The lowest BCUT2D eigenvalue weighted by atomic mass is 9.80. The van der Waals surface area contributed by atoms with Crippen LogP contribution in [0.4, 0.5) is 0 Å². The summed E-state index contributed by atoms with van der Waals surface area (Å²) in [5.74, 6) is 1.95. The number of rotatable bonds is 5. The zero-order valence-corrected chi connectivity index (χ0v) is 11.3. The number of nitrogens with zero attached hydrogens (tertiary/aromatic N) is 4. The zero-order chi connectivity index (χ0) is 12.8. The first-order chi connectivity index (χ1) is 8.04. The van der Waals surface area contributed by atoms with E-state index in [1.807, 2.05) is 11.8 Å². The molecule has 1 atom stereocenters. The molecule has 0 aromatic rings. The van der Waals surface area contributed by atoms with Gasteiger partial charge in [0.2, 0.25) is 0 Å². The van der Waals surface area contributed by atoms with Gasteiger partial charge in [-0.15, -0.1) is 0 Å². The van der Waals surface area contributed by atoms with E-state index < -0.39 is 5.54 Å². The highest BCUT2D eigenvalue weighted by molar-refractivity contribution is 7.99. The van der Waals surface area contributed by atoms with Crippen molar-refractivity contribution < 1.29 is 0 Å². The molecule has 1 fully saturated rings. The molecule has 6 heteroatoms. The Morgan fingerprint density at radius 1 is 1.53 bits per heavy atom. The quantitative estimate of drug-likeness (QED) is 0.354. The van der Waals surface area contributed by atoms with Gasteiger partial charge in [-0.05, 0) is 36.1 Å². The third-order valence-electron chi connectivity index (χ3n) is 2.80. The number of hydrogen-bond donors (Lipinski definition) is 1. The number of nitrogens with one attached hydrogen (secondary N) is 1. The molecule has 1 rings (SSSR count).